The van der Waals surface area contributed by atoms with Crippen LogP contribution < -0.4 is 23.7 Å². The quantitative estimate of drug-likeness (QED) is 0.0140. The van der Waals surface area contributed by atoms with Crippen molar-refractivity contribution in [2.75, 3.05) is 20.2 Å². The number of piperidine rings is 1. The van der Waals surface area contributed by atoms with E-state index in [0.717, 1.165) is 12.0 Å². The van der Waals surface area contributed by atoms with Crippen LogP contribution in [0.15, 0.2) is 140 Å². The highest BCUT2D eigenvalue weighted by molar-refractivity contribution is 6.00. The molecule has 2 aliphatic carbocycles. The number of ether oxygens (including phenoxy) is 11. The molecule has 48 nitrogen and oxygen atoms in total. The first-order valence-corrected chi connectivity index (χ1v) is 40.9. The molecule has 8 atom stereocenters. The van der Waals surface area contributed by atoms with E-state index in [-0.39, 0.29) is 0 Å². The van der Waals surface area contributed by atoms with E-state index in [4.69, 9.17) is 52.1 Å². The molecule has 4 aliphatic rings. The van der Waals surface area contributed by atoms with E-state index < -0.39 is 325 Å². The van der Waals surface area contributed by atoms with Gasteiger partial charge >= 0.3 is 59.7 Å². The summed E-state index contributed by atoms with van der Waals surface area (Å²) in [5.41, 5.74) is -6.53. The molecule has 26 N–H and O–H groups in total. The average Bonchev–Trinajstić information content (AvgIpc) is 0.713. The van der Waals surface area contributed by atoms with Crippen LogP contribution >= 0.6 is 0 Å². The fraction of sp³-hybridized carbons (Fsp3) is 0.183. The van der Waals surface area contributed by atoms with Crippen LogP contribution in [-0.2, 0) is 40.3 Å². The summed E-state index contributed by atoms with van der Waals surface area (Å²) in [6.45, 7) is -0.489. The number of benzene rings is 11. The van der Waals surface area contributed by atoms with Gasteiger partial charge < -0.3 is 190 Å². The average molecular weight is 1960 g/mol. The van der Waals surface area contributed by atoms with Crippen molar-refractivity contribution in [2.45, 2.75) is 80.7 Å². The Bertz CT molecular complexity index is 6910. The molecule has 2 heterocycles. The molecule has 0 unspecified atom stereocenters. The van der Waals surface area contributed by atoms with Crippen LogP contribution in [0.5, 0.6) is 178 Å². The normalized spacial score (nSPS) is 17.7. The molecule has 2 bridgehead atoms. The van der Waals surface area contributed by atoms with Gasteiger partial charge in [0.2, 0.25) is 41.1 Å². The summed E-state index contributed by atoms with van der Waals surface area (Å²) in [5, 5.41) is 271. The van der Waals surface area contributed by atoms with Gasteiger partial charge in [-0.2, -0.15) is 0 Å². The Labute approximate surface area is 785 Å². The minimum absolute atomic E-state index is 0.295. The lowest BCUT2D eigenvalue weighted by molar-refractivity contribution is -0.282. The standard InChI is InChI=1S/C76H52O46.C17H23NO/c77-32-1-22(2-33(78)53(32)92)67(103)113-47-16-27(11-42(87)58(47)97)66(102)112-21-52-63(119-72(108)28-12-43(88)59(98)48(17-28)114-68(104)23-3-34(79)54(93)35(80)4-23)64(120-73(109)29-13-44(89)60(99)49(18-29)115-69(105)24-5-36(81)55(94)37(82)6-24)65(121-74(110)30-14-45(90)61(100)50(19-30)116-70(106)25-7-38(83)56(95)39(84)8-25)76(118-52)122-75(111)31-15-46(91)62(101)51(20-31)117-71(107)26-9-40(85)57(96)41(86)10-26;1-18-9-8-17-7-3-2-4-14(17)16(18)10-12-5-6-13(19)11-15(12)17/h1-20,52,63-65,76-101H,21H2;5-6,11,14,16,19H,2-4,7-10H2,1H3/t52-,63-,64+,65-,76+;14-,16-,17-/m10/s1. The van der Waals surface area contributed by atoms with Crippen molar-refractivity contribution in [1.29, 1.82) is 0 Å². The number of fused-ring (bicyclic) bond motifs is 1. The Morgan fingerprint density at radius 3 is 0.887 bits per heavy atom. The van der Waals surface area contributed by atoms with Gasteiger partial charge in [0.1, 0.15) is 18.5 Å². The van der Waals surface area contributed by atoms with Gasteiger partial charge in [-0.3, -0.25) is 0 Å². The molecule has 0 aromatic heterocycles. The summed E-state index contributed by atoms with van der Waals surface area (Å²) in [6, 6.07) is 15.4. The van der Waals surface area contributed by atoms with E-state index in [1.54, 1.807) is 0 Å². The van der Waals surface area contributed by atoms with E-state index >= 15 is 14.4 Å². The van der Waals surface area contributed by atoms with Crippen LogP contribution in [0.3, 0.4) is 0 Å². The number of phenols is 26. The first-order chi connectivity index (χ1) is 66.6. The summed E-state index contributed by atoms with van der Waals surface area (Å²) >= 11 is 0. The molecule has 141 heavy (non-hydrogen) atoms. The van der Waals surface area contributed by atoms with Crippen molar-refractivity contribution in [3.8, 4) is 178 Å². The van der Waals surface area contributed by atoms with Crippen LogP contribution in [0.4, 0.5) is 0 Å². The number of hydrogen-bond donors (Lipinski definition) is 26. The maximum Gasteiger partial charge on any atom is 0.343 e. The maximum atomic E-state index is 15.3. The molecule has 3 fully saturated rings. The largest absolute Gasteiger partial charge is 0.508 e. The molecule has 11 aromatic rings. The van der Waals surface area contributed by atoms with Gasteiger partial charge in [-0.15, -0.1) is 0 Å². The van der Waals surface area contributed by atoms with Gasteiger partial charge in [0, 0.05) is 11.5 Å². The molecular formula is C93H75NO47. The van der Waals surface area contributed by atoms with E-state index in [1.807, 2.05) is 6.07 Å². The third-order valence-electron chi connectivity index (χ3n) is 23.0. The second kappa shape index (κ2) is 38.7. The molecule has 1 saturated carbocycles. The van der Waals surface area contributed by atoms with Crippen LogP contribution in [0.25, 0.3) is 0 Å². The van der Waals surface area contributed by atoms with E-state index in [0.29, 0.717) is 132 Å². The molecule has 0 amide bonds. The smallest absolute Gasteiger partial charge is 0.343 e. The number of phenolic OH excluding ortho intramolecular Hbond substituents is 26. The minimum Gasteiger partial charge on any atom is -0.508 e. The highest BCUT2D eigenvalue weighted by atomic mass is 16.8. The van der Waals surface area contributed by atoms with E-state index in [9.17, 15) is 166 Å². The number of rotatable bonds is 21. The Balaban J connectivity index is 0.000000732. The predicted molar refractivity (Wildman–Crippen MR) is 459 cm³/mol. The molecule has 2 aliphatic heterocycles. The van der Waals surface area contributed by atoms with Crippen LogP contribution in [0, 0.1) is 5.92 Å². The van der Waals surface area contributed by atoms with Crippen molar-refractivity contribution in [3.63, 3.8) is 0 Å². The number of nitrogens with zero attached hydrogens (tertiary/aromatic N) is 1. The van der Waals surface area contributed by atoms with E-state index in [2.05, 4.69) is 24.1 Å². The Morgan fingerprint density at radius 1 is 0.305 bits per heavy atom. The zero-order chi connectivity index (χ0) is 102. The van der Waals surface area contributed by atoms with Crippen molar-refractivity contribution < 1.29 is 233 Å². The van der Waals surface area contributed by atoms with Crippen molar-refractivity contribution in [3.05, 3.63) is 206 Å². The van der Waals surface area contributed by atoms with Crippen molar-refractivity contribution in [2.24, 2.45) is 5.92 Å². The first-order valence-electron chi connectivity index (χ1n) is 40.9. The molecule has 0 spiro atoms. The number of hydrogen-bond acceptors (Lipinski definition) is 48. The fourth-order valence-corrected chi connectivity index (χ4v) is 16.0. The monoisotopic (exact) mass is 1960 g/mol. The van der Waals surface area contributed by atoms with Gasteiger partial charge in [-0.1, -0.05) is 18.9 Å². The minimum atomic E-state index is -3.12. The second-order valence-electron chi connectivity index (χ2n) is 32.0. The summed E-state index contributed by atoms with van der Waals surface area (Å²) in [6.07, 6.45) is -7.13. The Hall–Kier alpha value is -19.2. The van der Waals surface area contributed by atoms with Crippen molar-refractivity contribution in [1.82, 2.24) is 4.90 Å². The molecule has 15 rings (SSSR count). The molecule has 734 valence electrons. The lowest BCUT2D eigenvalue weighted by Gasteiger charge is -2.58. The van der Waals surface area contributed by atoms with Crippen molar-refractivity contribution >= 4 is 59.7 Å². The third kappa shape index (κ3) is 19.9. The van der Waals surface area contributed by atoms with Crippen LogP contribution in [0.1, 0.15) is 147 Å². The highest BCUT2D eigenvalue weighted by Crippen LogP contribution is 2.57. The Kier molecular flexibility index (Phi) is 26.8. The van der Waals surface area contributed by atoms with Gasteiger partial charge in [0.25, 0.3) is 0 Å². The molecular weight excluding hydrogens is 1880 g/mol. The number of carbonyl (C=O) groups is 10. The highest BCUT2D eigenvalue weighted by Gasteiger charge is 2.57. The number of likely N-dealkylation sites (N-methyl/N-ethyl adjacent to an activating group) is 1. The zero-order valence-electron chi connectivity index (χ0n) is 71.6. The number of carbonyl (C=O) groups excluding carboxylic acids is 10. The molecule has 0 radical (unpaired) electrons. The predicted octanol–water partition coefficient (Wildman–Crippen LogP) is 7.92. The molecule has 2 saturated heterocycles. The number of aromatic hydroxyl groups is 26. The molecule has 48 heteroatoms. The van der Waals surface area contributed by atoms with Gasteiger partial charge in [0.15, 0.2) is 156 Å². The lowest BCUT2D eigenvalue weighted by Crippen LogP contribution is -2.63. The SMILES string of the molecule is CN1CC[C@@]23CCCC[C@H]2[C@@H]1Cc1ccc(O)cc13.O=C(OC[C@H]1O[C@@H](OC(=O)c2cc(O)c(O)c(OC(=O)c3cc(O)c(O)c(O)c3)c2)[C@H](OC(=O)c2cc(O)c(O)c(OC(=O)c3cc(O)c(O)c(O)c3)c2)[C@@H](OC(=O)c2cc(O)c(O)c(OC(=O)c3cc(O)c(O)c(O)c3)c2)[C@@H]1OC(=O)c1cc(O)c(O)c(OC(=O)c2cc(O)c(O)c(O)c2)c1)c1cc(O)c(O)c(OC(=O)c2cc(O)c(O)c(O)c2)c1. The van der Waals surface area contributed by atoms with Gasteiger partial charge in [0.05, 0.1) is 55.6 Å². The number of likely N-dealkylation sites (tertiary alicyclic amines) is 1. The van der Waals surface area contributed by atoms with Gasteiger partial charge in [-0.25, -0.2) is 47.9 Å². The lowest BCUT2D eigenvalue weighted by atomic mass is 9.52. The molecule has 11 aromatic carbocycles. The van der Waals surface area contributed by atoms with Crippen LogP contribution in [-0.4, -0.2) is 254 Å². The fourth-order valence-electron chi connectivity index (χ4n) is 16.0. The Morgan fingerprint density at radius 2 is 0.574 bits per heavy atom. The summed E-state index contributed by atoms with van der Waals surface area (Å²) < 4.78 is 60.4. The maximum absolute atomic E-state index is 15.3. The van der Waals surface area contributed by atoms with Gasteiger partial charge in [-0.05, 0) is 190 Å². The summed E-state index contributed by atoms with van der Waals surface area (Å²) in [4.78, 5) is 145. The topological polar surface area (TPSA) is 801 Å². The van der Waals surface area contributed by atoms with Crippen LogP contribution in [0.2, 0.25) is 0 Å². The first kappa shape index (κ1) is 97.9. The number of esters is 10. The third-order valence-corrected chi connectivity index (χ3v) is 23.0. The zero-order valence-corrected chi connectivity index (χ0v) is 71.6. The summed E-state index contributed by atoms with van der Waals surface area (Å²) in [5.74, 6) is -54.7. The summed E-state index contributed by atoms with van der Waals surface area (Å²) in [7, 11) is 2.30. The second-order valence-corrected chi connectivity index (χ2v) is 32.0. The van der Waals surface area contributed by atoms with E-state index in [1.165, 1.54) is 56.2 Å².